The number of nitrogens with one attached hydrogen (secondary N) is 1. The number of amides is 1. The number of fused-ring (bicyclic) bond motifs is 1. The molecular formula is C23H27FN2O2. The van der Waals surface area contributed by atoms with Crippen molar-refractivity contribution in [2.75, 3.05) is 19.7 Å². The van der Waals surface area contributed by atoms with E-state index in [4.69, 9.17) is 4.74 Å². The summed E-state index contributed by atoms with van der Waals surface area (Å²) in [5.41, 5.74) is 2.33. The molecule has 0 spiro atoms. The molecule has 2 aliphatic heterocycles. The summed E-state index contributed by atoms with van der Waals surface area (Å²) in [4.78, 5) is 15.1. The Morgan fingerprint density at radius 3 is 2.64 bits per heavy atom. The molecule has 0 aromatic heterocycles. The molecule has 0 aliphatic carbocycles. The van der Waals surface area contributed by atoms with Gasteiger partial charge in [-0.25, -0.2) is 4.39 Å². The molecule has 2 fully saturated rings. The maximum atomic E-state index is 13.4. The van der Waals surface area contributed by atoms with Gasteiger partial charge in [-0.1, -0.05) is 38.1 Å². The van der Waals surface area contributed by atoms with Crippen molar-refractivity contribution in [1.29, 1.82) is 0 Å². The second-order valence-corrected chi connectivity index (χ2v) is 8.22. The van der Waals surface area contributed by atoms with E-state index in [1.54, 1.807) is 18.2 Å². The quantitative estimate of drug-likeness (QED) is 0.876. The van der Waals surface area contributed by atoms with Crippen LogP contribution < -0.4 is 5.32 Å². The van der Waals surface area contributed by atoms with Gasteiger partial charge in [0.15, 0.2) is 0 Å². The van der Waals surface area contributed by atoms with Gasteiger partial charge in [0.1, 0.15) is 5.82 Å². The van der Waals surface area contributed by atoms with Crippen molar-refractivity contribution < 1.29 is 13.9 Å². The highest BCUT2D eigenvalue weighted by molar-refractivity contribution is 5.94. The molecule has 0 bridgehead atoms. The van der Waals surface area contributed by atoms with Crippen molar-refractivity contribution in [3.63, 3.8) is 0 Å². The molecule has 1 amide bonds. The summed E-state index contributed by atoms with van der Waals surface area (Å²) in [5.74, 6) is 0.184. The Morgan fingerprint density at radius 2 is 1.93 bits per heavy atom. The Kier molecular flexibility index (Phi) is 5.47. The number of rotatable bonds is 4. The Labute approximate surface area is 165 Å². The molecule has 2 aromatic carbocycles. The number of carbonyl (C=O) groups is 1. The molecule has 2 saturated heterocycles. The van der Waals surface area contributed by atoms with E-state index >= 15 is 0 Å². The number of benzene rings is 2. The minimum Gasteiger partial charge on any atom is -0.375 e. The number of hydrogen-bond acceptors (Lipinski definition) is 3. The fourth-order valence-corrected chi connectivity index (χ4v) is 4.16. The van der Waals surface area contributed by atoms with E-state index in [1.165, 1.54) is 12.1 Å². The van der Waals surface area contributed by atoms with Crippen LogP contribution in [0.2, 0.25) is 0 Å². The van der Waals surface area contributed by atoms with E-state index < -0.39 is 0 Å². The van der Waals surface area contributed by atoms with Crippen LogP contribution in [0.15, 0.2) is 48.5 Å². The topological polar surface area (TPSA) is 41.6 Å². The Morgan fingerprint density at radius 1 is 1.14 bits per heavy atom. The maximum Gasteiger partial charge on any atom is 0.251 e. The first-order chi connectivity index (χ1) is 13.5. The molecule has 4 rings (SSSR count). The van der Waals surface area contributed by atoms with Gasteiger partial charge in [0.05, 0.1) is 12.7 Å². The lowest BCUT2D eigenvalue weighted by atomic mass is 10.0. The van der Waals surface area contributed by atoms with Gasteiger partial charge < -0.3 is 10.1 Å². The van der Waals surface area contributed by atoms with Crippen LogP contribution in [0.25, 0.3) is 11.1 Å². The summed E-state index contributed by atoms with van der Waals surface area (Å²) in [6.45, 7) is 6.95. The van der Waals surface area contributed by atoms with Gasteiger partial charge in [-0.3, -0.25) is 9.69 Å². The second-order valence-electron chi connectivity index (χ2n) is 8.22. The highest BCUT2D eigenvalue weighted by Crippen LogP contribution is 2.26. The van der Waals surface area contributed by atoms with Crippen LogP contribution in [0.1, 0.15) is 30.6 Å². The normalized spacial score (nSPS) is 24.9. The zero-order chi connectivity index (χ0) is 19.7. The summed E-state index contributed by atoms with van der Waals surface area (Å²) in [6.07, 6.45) is 1.21. The molecule has 2 aromatic rings. The zero-order valence-electron chi connectivity index (χ0n) is 16.4. The number of ether oxygens (including phenoxy) is 1. The van der Waals surface area contributed by atoms with Crippen LogP contribution in [0.4, 0.5) is 4.39 Å². The van der Waals surface area contributed by atoms with Crippen molar-refractivity contribution in [3.05, 3.63) is 59.9 Å². The van der Waals surface area contributed by atoms with E-state index in [9.17, 15) is 9.18 Å². The van der Waals surface area contributed by atoms with Crippen molar-refractivity contribution >= 4 is 5.91 Å². The summed E-state index contributed by atoms with van der Waals surface area (Å²) in [5, 5.41) is 3.17. The van der Waals surface area contributed by atoms with Crippen molar-refractivity contribution in [2.24, 2.45) is 5.92 Å². The van der Waals surface area contributed by atoms with Crippen LogP contribution in [-0.2, 0) is 4.74 Å². The summed E-state index contributed by atoms with van der Waals surface area (Å²) >= 11 is 0. The molecule has 4 nitrogen and oxygen atoms in total. The lowest BCUT2D eigenvalue weighted by Crippen LogP contribution is -2.48. The number of halogens is 1. The van der Waals surface area contributed by atoms with Gasteiger partial charge in [0.2, 0.25) is 0 Å². The minimum atomic E-state index is -0.263. The van der Waals surface area contributed by atoms with Crippen molar-refractivity contribution in [1.82, 2.24) is 10.2 Å². The predicted molar refractivity (Wildman–Crippen MR) is 108 cm³/mol. The van der Waals surface area contributed by atoms with Gasteiger partial charge in [0.25, 0.3) is 5.91 Å². The fraction of sp³-hybridized carbons (Fsp3) is 0.435. The third-order valence-electron chi connectivity index (χ3n) is 5.83. The smallest absolute Gasteiger partial charge is 0.251 e. The standard InChI is InChI=1S/C23H27FN2O2/c1-15(2)22-13-26-12-20(11-21(26)14-28-22)25-23(27)17-8-6-16(7-9-17)18-4-3-5-19(24)10-18/h3-10,15,20-22H,11-14H2,1-2H3,(H,25,27)/t20-,21+,22-/m1/s1. The first kappa shape index (κ1) is 19.1. The molecule has 0 radical (unpaired) electrons. The molecule has 148 valence electrons. The maximum absolute atomic E-state index is 13.4. The zero-order valence-corrected chi connectivity index (χ0v) is 16.4. The molecule has 5 heteroatoms. The molecular weight excluding hydrogens is 355 g/mol. The summed E-state index contributed by atoms with van der Waals surface area (Å²) in [7, 11) is 0. The van der Waals surface area contributed by atoms with E-state index in [0.29, 0.717) is 17.5 Å². The van der Waals surface area contributed by atoms with E-state index in [1.807, 2.05) is 18.2 Å². The monoisotopic (exact) mass is 382 g/mol. The predicted octanol–water partition coefficient (Wildman–Crippen LogP) is 3.72. The van der Waals surface area contributed by atoms with Gasteiger partial charge >= 0.3 is 0 Å². The number of hydrogen-bond donors (Lipinski definition) is 1. The summed E-state index contributed by atoms with van der Waals surface area (Å²) in [6, 6.07) is 14.3. The Balaban J connectivity index is 1.37. The third-order valence-corrected chi connectivity index (χ3v) is 5.83. The van der Waals surface area contributed by atoms with Gasteiger partial charge in [-0.15, -0.1) is 0 Å². The first-order valence-electron chi connectivity index (χ1n) is 10.0. The number of nitrogens with zero attached hydrogens (tertiary/aromatic N) is 1. The van der Waals surface area contributed by atoms with Crippen LogP contribution >= 0.6 is 0 Å². The molecule has 0 unspecified atom stereocenters. The molecule has 3 atom stereocenters. The van der Waals surface area contributed by atoms with Gasteiger partial charge in [-0.05, 0) is 47.7 Å². The average molecular weight is 382 g/mol. The van der Waals surface area contributed by atoms with Gasteiger partial charge in [0, 0.05) is 30.7 Å². The van der Waals surface area contributed by atoms with Crippen LogP contribution in [-0.4, -0.2) is 48.7 Å². The fourth-order valence-electron chi connectivity index (χ4n) is 4.16. The lowest BCUT2D eigenvalue weighted by Gasteiger charge is -2.36. The van der Waals surface area contributed by atoms with Crippen LogP contribution in [0.3, 0.4) is 0 Å². The molecule has 2 heterocycles. The molecule has 2 aliphatic rings. The first-order valence-corrected chi connectivity index (χ1v) is 10.0. The lowest BCUT2D eigenvalue weighted by molar-refractivity contribution is -0.0683. The largest absolute Gasteiger partial charge is 0.375 e. The van der Waals surface area contributed by atoms with Crippen molar-refractivity contribution in [3.8, 4) is 11.1 Å². The number of morpholine rings is 1. The summed E-state index contributed by atoms with van der Waals surface area (Å²) < 4.78 is 19.4. The SMILES string of the molecule is CC(C)[C@H]1CN2C[C@H](NC(=O)c3ccc(-c4cccc(F)c4)cc3)C[C@H]2CO1. The second kappa shape index (κ2) is 8.02. The highest BCUT2D eigenvalue weighted by Gasteiger charge is 2.38. The Hall–Kier alpha value is -2.24. The Bertz CT molecular complexity index is 837. The van der Waals surface area contributed by atoms with E-state index in [-0.39, 0.29) is 23.9 Å². The van der Waals surface area contributed by atoms with Crippen molar-refractivity contribution in [2.45, 2.75) is 38.5 Å². The molecule has 0 saturated carbocycles. The molecule has 28 heavy (non-hydrogen) atoms. The minimum absolute atomic E-state index is 0.0584. The number of carbonyl (C=O) groups excluding carboxylic acids is 1. The van der Waals surface area contributed by atoms with Crippen LogP contribution in [0, 0.1) is 11.7 Å². The van der Waals surface area contributed by atoms with E-state index in [0.717, 1.165) is 37.2 Å². The van der Waals surface area contributed by atoms with Crippen LogP contribution in [0.5, 0.6) is 0 Å². The average Bonchev–Trinajstić information content (AvgIpc) is 3.09. The van der Waals surface area contributed by atoms with E-state index in [2.05, 4.69) is 24.1 Å². The van der Waals surface area contributed by atoms with Gasteiger partial charge in [-0.2, -0.15) is 0 Å². The highest BCUT2D eigenvalue weighted by atomic mass is 19.1. The third kappa shape index (κ3) is 4.10. The molecule has 1 N–H and O–H groups in total.